The molecule has 0 aliphatic heterocycles. The Bertz CT molecular complexity index is 233. The zero-order chi connectivity index (χ0) is 8.48. The van der Waals surface area contributed by atoms with Crippen molar-refractivity contribution in [3.63, 3.8) is 0 Å². The molecule has 0 spiro atoms. The van der Waals surface area contributed by atoms with Gasteiger partial charge in [-0.05, 0) is 0 Å². The minimum atomic E-state index is -0.893. The maximum Gasteiger partial charge on any atom is 4.00 e. The van der Waals surface area contributed by atoms with Gasteiger partial charge in [-0.3, -0.25) is 0 Å². The van der Waals surface area contributed by atoms with E-state index in [0.717, 1.165) is 0 Å². The Kier molecular flexibility index (Phi) is 15.5. The molecular formula is C13H26SiTi. The number of aryl methyl sites for hydroxylation is 1. The van der Waals surface area contributed by atoms with Gasteiger partial charge in [-0.25, -0.2) is 12.1 Å². The van der Waals surface area contributed by atoms with E-state index in [1.54, 1.807) is 5.56 Å². The third-order valence-corrected chi connectivity index (χ3v) is 3.31. The van der Waals surface area contributed by atoms with Crippen molar-refractivity contribution < 1.29 is 21.7 Å². The Labute approximate surface area is 114 Å². The van der Waals surface area contributed by atoms with Crippen LogP contribution in [0.25, 0.3) is 0 Å². The second-order valence-corrected chi connectivity index (χ2v) is 9.95. The van der Waals surface area contributed by atoms with E-state index < -0.39 is 8.07 Å². The molecular weight excluding hydrogens is 232 g/mol. The van der Waals surface area contributed by atoms with Crippen LogP contribution in [-0.4, -0.2) is 8.07 Å². The Morgan fingerprint density at radius 1 is 1.13 bits per heavy atom. The molecule has 0 nitrogen and oxygen atoms in total. The van der Waals surface area contributed by atoms with Gasteiger partial charge < -0.3 is 22.3 Å². The summed E-state index contributed by atoms with van der Waals surface area (Å²) in [6.45, 7) is 9.45. The summed E-state index contributed by atoms with van der Waals surface area (Å²) in [5.74, 6) is 0. The van der Waals surface area contributed by atoms with Gasteiger partial charge in [0, 0.05) is 8.07 Å². The average Bonchev–Trinajstić information content (AvgIpc) is 2.12. The van der Waals surface area contributed by atoms with E-state index >= 15 is 0 Å². The van der Waals surface area contributed by atoms with Crippen LogP contribution in [0.5, 0.6) is 0 Å². The summed E-state index contributed by atoms with van der Waals surface area (Å²) in [5.41, 5.74) is 3.02. The van der Waals surface area contributed by atoms with Crippen LogP contribution in [0.3, 0.4) is 0 Å². The minimum Gasteiger partial charge on any atom is -0.358 e. The molecule has 1 aromatic carbocycles. The van der Waals surface area contributed by atoms with Crippen LogP contribution in [0.2, 0.25) is 19.6 Å². The maximum absolute atomic E-state index is 2.42. The predicted octanol–water partition coefficient (Wildman–Crippen LogP) is 4.48. The Morgan fingerprint density at radius 2 is 1.60 bits per heavy atom. The van der Waals surface area contributed by atoms with Gasteiger partial charge in [-0.2, -0.15) is 17.2 Å². The van der Waals surface area contributed by atoms with Gasteiger partial charge in [-0.1, -0.05) is 32.6 Å². The van der Waals surface area contributed by atoms with Crippen molar-refractivity contribution in [2.24, 2.45) is 0 Å². The van der Waals surface area contributed by atoms with Crippen molar-refractivity contribution >= 4 is 8.07 Å². The second kappa shape index (κ2) is 9.50. The van der Waals surface area contributed by atoms with Crippen molar-refractivity contribution in [3.05, 3.63) is 51.6 Å². The summed E-state index contributed by atoms with van der Waals surface area (Å²) < 4.78 is 0. The molecule has 0 heterocycles. The van der Waals surface area contributed by atoms with Gasteiger partial charge >= 0.3 is 21.7 Å². The molecule has 0 aliphatic rings. The summed E-state index contributed by atoms with van der Waals surface area (Å²) >= 11 is 0. The van der Waals surface area contributed by atoms with Crippen LogP contribution in [0.4, 0.5) is 0 Å². The Balaban J connectivity index is -0.000000151. The molecule has 0 amide bonds. The summed E-state index contributed by atoms with van der Waals surface area (Å²) in [7, 11) is -0.893. The predicted molar refractivity (Wildman–Crippen MR) is 73.1 cm³/mol. The minimum absolute atomic E-state index is 0. The molecule has 0 aliphatic carbocycles. The summed E-state index contributed by atoms with van der Waals surface area (Å²) in [4.78, 5) is 0. The van der Waals surface area contributed by atoms with Crippen molar-refractivity contribution in [1.29, 1.82) is 0 Å². The molecule has 0 bridgehead atoms. The first-order valence-corrected chi connectivity index (χ1v) is 7.91. The van der Waals surface area contributed by atoms with Crippen molar-refractivity contribution in [2.45, 2.75) is 32.6 Å². The first-order valence-electron chi connectivity index (χ1n) is 4.20. The van der Waals surface area contributed by atoms with E-state index in [9.17, 15) is 0 Å². The first-order chi connectivity index (χ1) is 4.99. The summed E-state index contributed by atoms with van der Waals surface area (Å²) in [6.07, 6.45) is 0. The molecule has 1 aromatic rings. The van der Waals surface area contributed by atoms with Gasteiger partial charge in [0.05, 0.1) is 0 Å². The summed E-state index contributed by atoms with van der Waals surface area (Å²) in [6, 6.07) is 7.94. The third kappa shape index (κ3) is 9.22. The SMILES string of the molecule is C[c-]1cccc1C[Si](C)(C)C.[CH3-].[CH3-].[CH3-].[Ti+4]. The molecule has 0 saturated heterocycles. The van der Waals surface area contributed by atoms with E-state index in [-0.39, 0.29) is 44.0 Å². The topological polar surface area (TPSA) is 0 Å². The van der Waals surface area contributed by atoms with Crippen molar-refractivity contribution in [2.75, 3.05) is 0 Å². The zero-order valence-electron chi connectivity index (χ0n) is 11.4. The van der Waals surface area contributed by atoms with E-state index in [1.165, 1.54) is 11.6 Å². The van der Waals surface area contributed by atoms with Gasteiger partial charge in [-0.15, -0.1) is 0 Å². The van der Waals surface area contributed by atoms with Gasteiger partial charge in [0.1, 0.15) is 0 Å². The number of hydrogen-bond acceptors (Lipinski definition) is 0. The Morgan fingerprint density at radius 3 is 1.87 bits per heavy atom. The van der Waals surface area contributed by atoms with E-state index in [0.29, 0.717) is 0 Å². The zero-order valence-corrected chi connectivity index (χ0v) is 14.0. The molecule has 0 radical (unpaired) electrons. The standard InChI is InChI=1S/C10H17Si.3CH3.Ti/c1-9-6-5-7-10(9)8-11(2,3)4;;;;/h5-7H,8H2,1-4H3;3*1H3;/q4*-1;+4. The fraction of sp³-hybridized carbons (Fsp3) is 0.385. The van der Waals surface area contributed by atoms with Crippen molar-refractivity contribution in [3.8, 4) is 0 Å². The van der Waals surface area contributed by atoms with E-state index in [2.05, 4.69) is 44.8 Å². The summed E-state index contributed by atoms with van der Waals surface area (Å²) in [5, 5.41) is 0. The Hall–Kier alpha value is 0.281. The van der Waals surface area contributed by atoms with Crippen LogP contribution >= 0.6 is 0 Å². The molecule has 1 rings (SSSR count). The van der Waals surface area contributed by atoms with Gasteiger partial charge in [0.2, 0.25) is 0 Å². The fourth-order valence-corrected chi connectivity index (χ4v) is 2.86. The molecule has 0 aromatic heterocycles. The van der Waals surface area contributed by atoms with Crippen LogP contribution in [0.15, 0.2) is 18.2 Å². The molecule has 0 fully saturated rings. The van der Waals surface area contributed by atoms with Gasteiger partial charge in [0.15, 0.2) is 0 Å². The quantitative estimate of drug-likeness (QED) is 0.542. The van der Waals surface area contributed by atoms with Crippen LogP contribution in [0.1, 0.15) is 11.1 Å². The van der Waals surface area contributed by atoms with Crippen LogP contribution < -0.4 is 0 Å². The molecule has 0 atom stereocenters. The maximum atomic E-state index is 2.42. The van der Waals surface area contributed by atoms with Crippen LogP contribution in [0, 0.1) is 29.2 Å². The number of hydrogen-bond donors (Lipinski definition) is 0. The molecule has 0 saturated carbocycles. The fourth-order valence-electron chi connectivity index (χ4n) is 1.32. The molecule has 15 heavy (non-hydrogen) atoms. The largest absolute Gasteiger partial charge is 4.00 e. The smallest absolute Gasteiger partial charge is 0.358 e. The molecule has 0 unspecified atom stereocenters. The first kappa shape index (κ1) is 24.5. The van der Waals surface area contributed by atoms with Crippen LogP contribution in [-0.2, 0) is 27.8 Å². The molecule has 0 N–H and O–H groups in total. The molecule has 2 heteroatoms. The van der Waals surface area contributed by atoms with Crippen molar-refractivity contribution in [1.82, 2.24) is 0 Å². The molecule has 86 valence electrons. The monoisotopic (exact) mass is 258 g/mol. The van der Waals surface area contributed by atoms with E-state index in [1.807, 2.05) is 0 Å². The van der Waals surface area contributed by atoms with Gasteiger partial charge in [0.25, 0.3) is 0 Å². The second-order valence-electron chi connectivity index (χ2n) is 4.47. The van der Waals surface area contributed by atoms with E-state index in [4.69, 9.17) is 0 Å². The third-order valence-electron chi connectivity index (χ3n) is 1.87. The normalized spacial score (nSPS) is 8.80. The number of rotatable bonds is 2. The average molecular weight is 258 g/mol.